The van der Waals surface area contributed by atoms with Gasteiger partial charge < -0.3 is 20.2 Å². The fourth-order valence-electron chi connectivity index (χ4n) is 4.18. The van der Waals surface area contributed by atoms with Crippen LogP contribution < -0.4 is 10.2 Å². The average molecular weight is 442 g/mol. The number of phenols is 1. The number of rotatable bonds is 4. The van der Waals surface area contributed by atoms with Gasteiger partial charge in [0.2, 0.25) is 5.91 Å². The Balaban J connectivity index is 1.24. The number of anilines is 3. The minimum absolute atomic E-state index is 0.0166. The van der Waals surface area contributed by atoms with E-state index in [0.717, 1.165) is 55.2 Å². The third kappa shape index (κ3) is 4.03. The van der Waals surface area contributed by atoms with Gasteiger partial charge in [-0.05, 0) is 30.3 Å². The van der Waals surface area contributed by atoms with E-state index in [-0.39, 0.29) is 11.7 Å². The van der Waals surface area contributed by atoms with Crippen molar-refractivity contribution in [3.8, 4) is 5.75 Å². The van der Waals surface area contributed by atoms with E-state index >= 15 is 0 Å². The molecule has 3 aromatic rings. The highest BCUT2D eigenvalue weighted by Crippen LogP contribution is 2.34. The maximum absolute atomic E-state index is 13.5. The van der Waals surface area contributed by atoms with Crippen molar-refractivity contribution >= 4 is 44.0 Å². The quantitative estimate of drug-likeness (QED) is 0.606. The summed E-state index contributed by atoms with van der Waals surface area (Å²) in [7, 11) is 0. The molecule has 0 radical (unpaired) electrons. The van der Waals surface area contributed by atoms with Gasteiger partial charge >= 0.3 is 0 Å². The number of halogens is 1. The van der Waals surface area contributed by atoms with Gasteiger partial charge in [0, 0.05) is 64.0 Å². The SMILES string of the molecule is CC(=O)N1CC(N2CCN(c3ccc4sc(Nc5cc(F)ccc5O)nc4c3)CC2)C1. The second kappa shape index (κ2) is 7.97. The average Bonchev–Trinajstić information content (AvgIpc) is 3.11. The molecule has 0 bridgehead atoms. The normalized spacial score (nSPS) is 17.7. The molecule has 1 aromatic heterocycles. The van der Waals surface area contributed by atoms with Crippen molar-refractivity contribution in [2.75, 3.05) is 49.5 Å². The summed E-state index contributed by atoms with van der Waals surface area (Å²) in [6.45, 7) is 7.16. The molecule has 2 aliphatic heterocycles. The minimum Gasteiger partial charge on any atom is -0.506 e. The topological polar surface area (TPSA) is 71.9 Å². The van der Waals surface area contributed by atoms with E-state index in [2.05, 4.69) is 38.3 Å². The molecule has 162 valence electrons. The van der Waals surface area contributed by atoms with Crippen molar-refractivity contribution in [3.63, 3.8) is 0 Å². The molecule has 0 spiro atoms. The number of nitrogens with zero attached hydrogens (tertiary/aromatic N) is 4. The van der Waals surface area contributed by atoms with Crippen LogP contribution in [-0.4, -0.2) is 71.1 Å². The van der Waals surface area contributed by atoms with Gasteiger partial charge in [0.15, 0.2) is 5.13 Å². The largest absolute Gasteiger partial charge is 0.506 e. The van der Waals surface area contributed by atoms with E-state index in [1.807, 2.05) is 4.90 Å². The van der Waals surface area contributed by atoms with Gasteiger partial charge in [0.1, 0.15) is 11.6 Å². The number of aromatic nitrogens is 1. The summed E-state index contributed by atoms with van der Waals surface area (Å²) in [5.74, 6) is -0.274. The second-order valence-electron chi connectivity index (χ2n) is 8.06. The number of hydrogen-bond acceptors (Lipinski definition) is 7. The number of amides is 1. The summed E-state index contributed by atoms with van der Waals surface area (Å²) in [5.41, 5.74) is 2.31. The summed E-state index contributed by atoms with van der Waals surface area (Å²) in [4.78, 5) is 22.8. The Morgan fingerprint density at radius 2 is 1.94 bits per heavy atom. The Bertz CT molecular complexity index is 1120. The minimum atomic E-state index is -0.418. The number of likely N-dealkylation sites (tertiary alicyclic amines) is 1. The Labute approximate surface area is 183 Å². The second-order valence-corrected chi connectivity index (χ2v) is 9.09. The fraction of sp³-hybridized carbons (Fsp3) is 0.364. The van der Waals surface area contributed by atoms with Gasteiger partial charge in [-0.25, -0.2) is 9.37 Å². The van der Waals surface area contributed by atoms with E-state index in [1.165, 1.54) is 29.5 Å². The first-order chi connectivity index (χ1) is 15.0. The van der Waals surface area contributed by atoms with Crippen molar-refractivity contribution in [2.45, 2.75) is 13.0 Å². The molecule has 3 heterocycles. The standard InChI is InChI=1S/C22H24FN5O2S/c1-14(29)28-12-17(13-28)27-8-6-26(7-9-27)16-3-5-21-19(11-16)25-22(31-21)24-18-10-15(23)2-4-20(18)30/h2-5,10-11,17,30H,6-9,12-13H2,1H3,(H,24,25). The number of nitrogens with one attached hydrogen (secondary N) is 1. The highest BCUT2D eigenvalue weighted by Gasteiger charge is 2.34. The number of thiazole rings is 1. The van der Waals surface area contributed by atoms with Gasteiger partial charge in [-0.15, -0.1) is 0 Å². The van der Waals surface area contributed by atoms with Crippen LogP contribution in [0.15, 0.2) is 36.4 Å². The molecule has 0 atom stereocenters. The van der Waals surface area contributed by atoms with Crippen molar-refractivity contribution in [3.05, 3.63) is 42.2 Å². The van der Waals surface area contributed by atoms with Crippen LogP contribution in [0.1, 0.15) is 6.92 Å². The molecule has 5 rings (SSSR count). The van der Waals surface area contributed by atoms with Crippen LogP contribution in [0.3, 0.4) is 0 Å². The lowest BCUT2D eigenvalue weighted by molar-refractivity contribution is -0.136. The number of carbonyl (C=O) groups excluding carboxylic acids is 1. The van der Waals surface area contributed by atoms with Crippen molar-refractivity contribution in [1.82, 2.24) is 14.8 Å². The number of phenolic OH excluding ortho intramolecular Hbond substituents is 1. The first-order valence-corrected chi connectivity index (χ1v) is 11.2. The van der Waals surface area contributed by atoms with Gasteiger partial charge in [0.25, 0.3) is 0 Å². The third-order valence-corrected chi connectivity index (χ3v) is 7.03. The number of piperazine rings is 1. The van der Waals surface area contributed by atoms with E-state index in [1.54, 1.807) is 6.92 Å². The van der Waals surface area contributed by atoms with Crippen LogP contribution in [0.2, 0.25) is 0 Å². The number of benzene rings is 2. The fourth-order valence-corrected chi connectivity index (χ4v) is 5.04. The summed E-state index contributed by atoms with van der Waals surface area (Å²) < 4.78 is 14.5. The highest BCUT2D eigenvalue weighted by molar-refractivity contribution is 7.22. The zero-order chi connectivity index (χ0) is 21.5. The zero-order valence-corrected chi connectivity index (χ0v) is 18.0. The van der Waals surface area contributed by atoms with Gasteiger partial charge in [-0.2, -0.15) is 0 Å². The number of aromatic hydroxyl groups is 1. The zero-order valence-electron chi connectivity index (χ0n) is 17.2. The van der Waals surface area contributed by atoms with Gasteiger partial charge in [-0.1, -0.05) is 11.3 Å². The van der Waals surface area contributed by atoms with Crippen LogP contribution in [0, 0.1) is 5.82 Å². The molecule has 2 aromatic carbocycles. The van der Waals surface area contributed by atoms with E-state index in [0.29, 0.717) is 16.9 Å². The number of carbonyl (C=O) groups is 1. The predicted octanol–water partition coefficient (Wildman–Crippen LogP) is 3.24. The molecule has 9 heteroatoms. The smallest absolute Gasteiger partial charge is 0.219 e. The Hall–Kier alpha value is -2.91. The van der Waals surface area contributed by atoms with Gasteiger partial charge in [0.05, 0.1) is 15.9 Å². The molecule has 1 amide bonds. The highest BCUT2D eigenvalue weighted by atomic mass is 32.1. The van der Waals surface area contributed by atoms with E-state index in [9.17, 15) is 14.3 Å². The van der Waals surface area contributed by atoms with Crippen LogP contribution >= 0.6 is 11.3 Å². The Kier molecular flexibility index (Phi) is 5.15. The molecular formula is C22H24FN5O2S. The van der Waals surface area contributed by atoms with Crippen LogP contribution in [-0.2, 0) is 4.79 Å². The van der Waals surface area contributed by atoms with Crippen LogP contribution in [0.5, 0.6) is 5.75 Å². The summed E-state index contributed by atoms with van der Waals surface area (Å²) in [6, 6.07) is 10.5. The van der Waals surface area contributed by atoms with Crippen LogP contribution in [0.4, 0.5) is 20.9 Å². The lowest BCUT2D eigenvalue weighted by Gasteiger charge is -2.48. The maximum Gasteiger partial charge on any atom is 0.219 e. The number of hydrogen-bond donors (Lipinski definition) is 2. The monoisotopic (exact) mass is 441 g/mol. The molecule has 2 N–H and O–H groups in total. The lowest BCUT2D eigenvalue weighted by atomic mass is 10.1. The molecule has 2 fully saturated rings. The molecule has 0 aliphatic carbocycles. The van der Waals surface area contributed by atoms with Crippen LogP contribution in [0.25, 0.3) is 10.2 Å². The van der Waals surface area contributed by atoms with E-state index in [4.69, 9.17) is 0 Å². The molecule has 0 unspecified atom stereocenters. The molecular weight excluding hydrogens is 417 g/mol. The van der Waals surface area contributed by atoms with Gasteiger partial charge in [-0.3, -0.25) is 9.69 Å². The molecule has 0 saturated carbocycles. The Morgan fingerprint density at radius 3 is 2.68 bits per heavy atom. The van der Waals surface area contributed by atoms with E-state index < -0.39 is 5.82 Å². The molecule has 7 nitrogen and oxygen atoms in total. The van der Waals surface area contributed by atoms with Crippen molar-refractivity contribution in [1.29, 1.82) is 0 Å². The lowest BCUT2D eigenvalue weighted by Crippen LogP contribution is -2.63. The maximum atomic E-state index is 13.5. The van der Waals surface area contributed by atoms with Crippen molar-refractivity contribution in [2.24, 2.45) is 0 Å². The molecule has 31 heavy (non-hydrogen) atoms. The summed E-state index contributed by atoms with van der Waals surface area (Å²) in [6.07, 6.45) is 0. The summed E-state index contributed by atoms with van der Waals surface area (Å²) in [5, 5.41) is 13.5. The molecule has 2 saturated heterocycles. The third-order valence-electron chi connectivity index (χ3n) is 6.07. The predicted molar refractivity (Wildman–Crippen MR) is 121 cm³/mol. The first-order valence-electron chi connectivity index (χ1n) is 10.4. The molecule has 2 aliphatic rings. The Morgan fingerprint density at radius 1 is 1.16 bits per heavy atom. The number of fused-ring (bicyclic) bond motifs is 1. The summed E-state index contributed by atoms with van der Waals surface area (Å²) >= 11 is 1.46. The van der Waals surface area contributed by atoms with Crippen molar-refractivity contribution < 1.29 is 14.3 Å². The first kappa shape index (κ1) is 20.0.